The van der Waals surface area contributed by atoms with Crippen molar-refractivity contribution in [3.05, 3.63) is 218 Å². The van der Waals surface area contributed by atoms with Gasteiger partial charge in [-0.25, -0.2) is 0 Å². The maximum atomic E-state index is 2.39. The number of hydrogen-bond acceptors (Lipinski definition) is 1. The molecule has 0 atom stereocenters. The van der Waals surface area contributed by atoms with E-state index >= 15 is 0 Å². The highest BCUT2D eigenvalue weighted by Gasteiger charge is 2.19. The quantitative estimate of drug-likeness (QED) is 0.166. The van der Waals surface area contributed by atoms with Gasteiger partial charge in [0, 0.05) is 66.4 Å². The minimum Gasteiger partial charge on any atom is -0.310 e. The van der Waals surface area contributed by atoms with Crippen molar-refractivity contribution in [2.75, 3.05) is 4.90 Å². The molecule has 0 unspecified atom stereocenters. The largest absolute Gasteiger partial charge is 0.310 e. The van der Waals surface area contributed by atoms with Crippen LogP contribution in [-0.2, 0) is 0 Å². The average molecular weight is 741 g/mol. The molecule has 272 valence electrons. The first kappa shape index (κ1) is 32.4. The van der Waals surface area contributed by atoms with Crippen LogP contribution in [0.4, 0.5) is 17.1 Å². The summed E-state index contributed by atoms with van der Waals surface area (Å²) in [5.41, 5.74) is 13.8. The SMILES string of the molecule is c1ccc(-n2c3ccccc3c3ccc(N(c4ccc(-n5c6ccccc6c6ccccc65)cc4)c4ccc(-n5c6ccccc6c6ccccc65)cc4)cc32)cc1. The maximum Gasteiger partial charge on any atom is 0.0561 e. The molecule has 9 aromatic carbocycles. The number of hydrogen-bond donors (Lipinski definition) is 0. The van der Waals surface area contributed by atoms with Crippen LogP contribution in [-0.4, -0.2) is 13.7 Å². The summed E-state index contributed by atoms with van der Waals surface area (Å²) in [6, 6.07) is 79.2. The number of benzene rings is 9. The fourth-order valence-corrected chi connectivity index (χ4v) is 9.30. The second-order valence-electron chi connectivity index (χ2n) is 15.0. The Morgan fingerprint density at radius 2 is 0.517 bits per heavy atom. The lowest BCUT2D eigenvalue weighted by Gasteiger charge is -2.26. The Bertz CT molecular complexity index is 3230. The first-order valence-electron chi connectivity index (χ1n) is 19.9. The molecule has 3 heterocycles. The molecule has 0 spiro atoms. The summed E-state index contributed by atoms with van der Waals surface area (Å²) in [6.07, 6.45) is 0. The fourth-order valence-electron chi connectivity index (χ4n) is 9.30. The number of fused-ring (bicyclic) bond motifs is 9. The highest BCUT2D eigenvalue weighted by atomic mass is 15.1. The van der Waals surface area contributed by atoms with Gasteiger partial charge in [0.05, 0.1) is 33.1 Å². The van der Waals surface area contributed by atoms with E-state index < -0.39 is 0 Å². The zero-order valence-corrected chi connectivity index (χ0v) is 31.6. The average Bonchev–Trinajstić information content (AvgIpc) is 3.93. The molecule has 0 saturated carbocycles. The van der Waals surface area contributed by atoms with Crippen molar-refractivity contribution in [3.63, 3.8) is 0 Å². The lowest BCUT2D eigenvalue weighted by atomic mass is 10.1. The van der Waals surface area contributed by atoms with E-state index in [9.17, 15) is 0 Å². The number of anilines is 3. The molecule has 0 aliphatic heterocycles. The third-order valence-corrected chi connectivity index (χ3v) is 11.8. The van der Waals surface area contributed by atoms with E-state index in [1.807, 2.05) is 0 Å². The minimum atomic E-state index is 1.08. The minimum absolute atomic E-state index is 1.08. The zero-order valence-electron chi connectivity index (χ0n) is 31.6. The normalized spacial score (nSPS) is 11.8. The van der Waals surface area contributed by atoms with Gasteiger partial charge in [-0.05, 0) is 103 Å². The van der Waals surface area contributed by atoms with Crippen molar-refractivity contribution < 1.29 is 0 Å². The molecule has 3 aromatic heterocycles. The molecular weight excluding hydrogens is 705 g/mol. The van der Waals surface area contributed by atoms with E-state index in [0.29, 0.717) is 0 Å². The van der Waals surface area contributed by atoms with Gasteiger partial charge < -0.3 is 18.6 Å². The standard InChI is InChI=1S/C54H36N4/c1-2-14-37(15-3-1)58-53-25-13-8-20-47(53)48-35-34-42(36-54(48)58)55(38-26-30-40(31-27-38)56-49-21-9-4-16-43(49)44-17-5-10-22-50(44)56)39-28-32-41(33-29-39)57-51-23-11-6-18-45(51)46-19-7-12-24-52(46)57/h1-36H. The van der Waals surface area contributed by atoms with Crippen LogP contribution in [0.15, 0.2) is 218 Å². The Kier molecular flexibility index (Phi) is 7.20. The number of nitrogens with zero attached hydrogens (tertiary/aromatic N) is 4. The van der Waals surface area contributed by atoms with Crippen LogP contribution < -0.4 is 4.90 Å². The molecule has 0 aliphatic carbocycles. The van der Waals surface area contributed by atoms with Crippen LogP contribution in [0.1, 0.15) is 0 Å². The van der Waals surface area contributed by atoms with Crippen molar-refractivity contribution in [2.45, 2.75) is 0 Å². The van der Waals surface area contributed by atoms with Crippen LogP contribution in [0.3, 0.4) is 0 Å². The van der Waals surface area contributed by atoms with Gasteiger partial charge in [0.15, 0.2) is 0 Å². The number of para-hydroxylation sites is 6. The van der Waals surface area contributed by atoms with E-state index in [4.69, 9.17) is 0 Å². The van der Waals surface area contributed by atoms with Crippen LogP contribution in [0.5, 0.6) is 0 Å². The van der Waals surface area contributed by atoms with E-state index in [0.717, 1.165) is 34.1 Å². The van der Waals surface area contributed by atoms with Gasteiger partial charge in [-0.1, -0.05) is 115 Å². The first-order valence-corrected chi connectivity index (χ1v) is 19.9. The topological polar surface area (TPSA) is 18.0 Å². The van der Waals surface area contributed by atoms with Crippen molar-refractivity contribution in [1.82, 2.24) is 13.7 Å². The van der Waals surface area contributed by atoms with E-state index in [1.165, 1.54) is 65.4 Å². The van der Waals surface area contributed by atoms with Gasteiger partial charge in [0.2, 0.25) is 0 Å². The van der Waals surface area contributed by atoms with Crippen LogP contribution >= 0.6 is 0 Å². The summed E-state index contributed by atoms with van der Waals surface area (Å²) in [6.45, 7) is 0. The highest BCUT2D eigenvalue weighted by Crippen LogP contribution is 2.41. The maximum absolute atomic E-state index is 2.39. The summed E-state index contributed by atoms with van der Waals surface area (Å²) >= 11 is 0. The molecule has 0 saturated heterocycles. The van der Waals surface area contributed by atoms with Gasteiger partial charge in [0.1, 0.15) is 0 Å². The number of aromatic nitrogens is 3. The smallest absolute Gasteiger partial charge is 0.0561 e. The molecule has 4 nitrogen and oxygen atoms in total. The van der Waals surface area contributed by atoms with Crippen LogP contribution in [0.25, 0.3) is 82.5 Å². The van der Waals surface area contributed by atoms with Crippen LogP contribution in [0, 0.1) is 0 Å². The summed E-state index contributed by atoms with van der Waals surface area (Å²) < 4.78 is 7.15. The van der Waals surface area contributed by atoms with Gasteiger partial charge in [-0.2, -0.15) is 0 Å². The van der Waals surface area contributed by atoms with Crippen molar-refractivity contribution in [2.24, 2.45) is 0 Å². The Hall–Kier alpha value is -7.82. The second kappa shape index (κ2) is 12.9. The molecular formula is C54H36N4. The third kappa shape index (κ3) is 4.88. The molecule has 12 aromatic rings. The molecule has 0 N–H and O–H groups in total. The molecule has 58 heavy (non-hydrogen) atoms. The molecule has 12 rings (SSSR count). The Morgan fingerprint density at radius 3 is 0.914 bits per heavy atom. The molecule has 0 radical (unpaired) electrons. The summed E-state index contributed by atoms with van der Waals surface area (Å²) in [7, 11) is 0. The fraction of sp³-hybridized carbons (Fsp3) is 0. The van der Waals surface area contributed by atoms with E-state index in [-0.39, 0.29) is 0 Å². The lowest BCUT2D eigenvalue weighted by molar-refractivity contribution is 1.16. The van der Waals surface area contributed by atoms with E-state index in [1.54, 1.807) is 0 Å². The Morgan fingerprint density at radius 1 is 0.224 bits per heavy atom. The summed E-state index contributed by atoms with van der Waals surface area (Å²) in [5, 5.41) is 7.50. The molecule has 0 aliphatic rings. The molecule has 4 heteroatoms. The first-order chi connectivity index (χ1) is 28.8. The van der Waals surface area contributed by atoms with Crippen molar-refractivity contribution in [1.29, 1.82) is 0 Å². The summed E-state index contributed by atoms with van der Waals surface area (Å²) in [5.74, 6) is 0. The van der Waals surface area contributed by atoms with Crippen LogP contribution in [0.2, 0.25) is 0 Å². The van der Waals surface area contributed by atoms with Gasteiger partial charge in [0.25, 0.3) is 0 Å². The lowest BCUT2D eigenvalue weighted by Crippen LogP contribution is -2.10. The second-order valence-corrected chi connectivity index (χ2v) is 15.0. The van der Waals surface area contributed by atoms with E-state index in [2.05, 4.69) is 237 Å². The highest BCUT2D eigenvalue weighted by molar-refractivity contribution is 6.12. The zero-order chi connectivity index (χ0) is 38.2. The van der Waals surface area contributed by atoms with Crippen molar-refractivity contribution >= 4 is 82.5 Å². The third-order valence-electron chi connectivity index (χ3n) is 11.8. The predicted molar refractivity (Wildman–Crippen MR) is 244 cm³/mol. The molecule has 0 fully saturated rings. The Balaban J connectivity index is 1.05. The van der Waals surface area contributed by atoms with Gasteiger partial charge in [-0.15, -0.1) is 0 Å². The summed E-state index contributed by atoms with van der Waals surface area (Å²) in [4.78, 5) is 2.39. The van der Waals surface area contributed by atoms with Gasteiger partial charge >= 0.3 is 0 Å². The Labute approximate surface area is 335 Å². The molecule has 0 bridgehead atoms. The predicted octanol–water partition coefficient (Wildman–Crippen LogP) is 14.4. The van der Waals surface area contributed by atoms with Crippen molar-refractivity contribution in [3.8, 4) is 17.1 Å². The monoisotopic (exact) mass is 740 g/mol. The number of rotatable bonds is 6. The van der Waals surface area contributed by atoms with Gasteiger partial charge in [-0.3, -0.25) is 0 Å². The molecule has 0 amide bonds.